The third-order valence-corrected chi connectivity index (χ3v) is 6.02. The molecule has 2 atom stereocenters. The van der Waals surface area contributed by atoms with Crippen molar-refractivity contribution in [3.63, 3.8) is 0 Å². The number of amides is 1. The van der Waals surface area contributed by atoms with E-state index < -0.39 is 0 Å². The standard InChI is InChI=1S/C25H29N5O2/c1-17(19-4-3-5-21(12-19)32-2)29-25(31)22-7-6-20(23-8-10-27-16-28-23)13-24(22)30-11-9-18(14-26)15-30/h3-8,10,12-13,16-18H,9,11,14-15,26H2,1-2H3,(H,29,31)/t17-,18+/m1/s1. The summed E-state index contributed by atoms with van der Waals surface area (Å²) in [5, 5.41) is 3.14. The van der Waals surface area contributed by atoms with Crippen LogP contribution >= 0.6 is 0 Å². The van der Waals surface area contributed by atoms with E-state index in [4.69, 9.17) is 10.5 Å². The number of carbonyl (C=O) groups is 1. The van der Waals surface area contributed by atoms with Gasteiger partial charge in [0.15, 0.2) is 0 Å². The van der Waals surface area contributed by atoms with Crippen molar-refractivity contribution in [1.82, 2.24) is 15.3 Å². The summed E-state index contributed by atoms with van der Waals surface area (Å²) < 4.78 is 5.32. The first kappa shape index (κ1) is 21.8. The number of nitrogens with two attached hydrogens (primary N) is 1. The van der Waals surface area contributed by atoms with Crippen molar-refractivity contribution in [2.45, 2.75) is 19.4 Å². The van der Waals surface area contributed by atoms with Crippen LogP contribution in [0.1, 0.15) is 35.3 Å². The van der Waals surface area contributed by atoms with Gasteiger partial charge in [0.2, 0.25) is 0 Å². The molecule has 0 bridgehead atoms. The zero-order chi connectivity index (χ0) is 22.5. The lowest BCUT2D eigenvalue weighted by atomic mass is 10.0. The van der Waals surface area contributed by atoms with Crippen LogP contribution < -0.4 is 20.7 Å². The van der Waals surface area contributed by atoms with E-state index in [1.54, 1.807) is 13.3 Å². The van der Waals surface area contributed by atoms with Crippen molar-refractivity contribution < 1.29 is 9.53 Å². The molecule has 1 fully saturated rings. The van der Waals surface area contributed by atoms with E-state index >= 15 is 0 Å². The molecule has 1 aliphatic rings. The third-order valence-electron chi connectivity index (χ3n) is 6.02. The summed E-state index contributed by atoms with van der Waals surface area (Å²) in [5.74, 6) is 1.09. The van der Waals surface area contributed by atoms with Crippen molar-refractivity contribution in [3.05, 3.63) is 72.2 Å². The van der Waals surface area contributed by atoms with Crippen LogP contribution in [0.15, 0.2) is 61.1 Å². The van der Waals surface area contributed by atoms with E-state index in [9.17, 15) is 4.79 Å². The van der Waals surface area contributed by atoms with Gasteiger partial charge in [0, 0.05) is 24.8 Å². The molecule has 2 aromatic carbocycles. The number of benzene rings is 2. The fourth-order valence-corrected chi connectivity index (χ4v) is 4.12. The number of methoxy groups -OCH3 is 1. The molecule has 1 aliphatic heterocycles. The highest BCUT2D eigenvalue weighted by atomic mass is 16.5. The monoisotopic (exact) mass is 431 g/mol. The number of carbonyl (C=O) groups excluding carboxylic acids is 1. The summed E-state index contributed by atoms with van der Waals surface area (Å²) in [6.45, 7) is 4.34. The molecule has 166 valence electrons. The first-order chi connectivity index (χ1) is 15.6. The van der Waals surface area contributed by atoms with Crippen molar-refractivity contribution in [1.29, 1.82) is 0 Å². The Labute approximate surface area is 188 Å². The predicted molar refractivity (Wildman–Crippen MR) is 126 cm³/mol. The van der Waals surface area contributed by atoms with Gasteiger partial charge in [-0.25, -0.2) is 9.97 Å². The molecule has 3 N–H and O–H groups in total. The summed E-state index contributed by atoms with van der Waals surface area (Å²) >= 11 is 0. The molecule has 7 nitrogen and oxygen atoms in total. The highest BCUT2D eigenvalue weighted by molar-refractivity contribution is 6.01. The van der Waals surface area contributed by atoms with Crippen LogP contribution in [0.25, 0.3) is 11.3 Å². The quantitative estimate of drug-likeness (QED) is 0.595. The van der Waals surface area contributed by atoms with Crippen LogP contribution in [0, 0.1) is 5.92 Å². The number of aromatic nitrogens is 2. The molecular formula is C25H29N5O2. The van der Waals surface area contributed by atoms with Gasteiger partial charge in [-0.2, -0.15) is 0 Å². The van der Waals surface area contributed by atoms with Crippen LogP contribution in [-0.4, -0.2) is 42.6 Å². The second-order valence-electron chi connectivity index (χ2n) is 8.13. The molecular weight excluding hydrogens is 402 g/mol. The summed E-state index contributed by atoms with van der Waals surface area (Å²) in [4.78, 5) is 24.0. The highest BCUT2D eigenvalue weighted by Crippen LogP contribution is 2.31. The molecule has 32 heavy (non-hydrogen) atoms. The molecule has 1 saturated heterocycles. The molecule has 0 radical (unpaired) electrons. The van der Waals surface area contributed by atoms with Gasteiger partial charge in [0.25, 0.3) is 5.91 Å². The molecule has 1 amide bonds. The minimum atomic E-state index is -0.164. The SMILES string of the molecule is COc1cccc([C@@H](C)NC(=O)c2ccc(-c3ccncn3)cc2N2CC[C@@H](CN)C2)c1. The maximum atomic E-state index is 13.3. The van der Waals surface area contributed by atoms with Crippen LogP contribution in [0.3, 0.4) is 0 Å². The minimum absolute atomic E-state index is 0.110. The Hall–Kier alpha value is -3.45. The Balaban J connectivity index is 1.63. The fourth-order valence-electron chi connectivity index (χ4n) is 4.12. The van der Waals surface area contributed by atoms with Crippen LogP contribution in [0.2, 0.25) is 0 Å². The zero-order valence-corrected chi connectivity index (χ0v) is 18.5. The number of hydrogen-bond donors (Lipinski definition) is 2. The molecule has 4 rings (SSSR count). The number of nitrogens with one attached hydrogen (secondary N) is 1. The Morgan fingerprint density at radius 2 is 2.16 bits per heavy atom. The summed E-state index contributed by atoms with van der Waals surface area (Å²) in [5.41, 5.74) is 10.2. The Morgan fingerprint density at radius 3 is 2.88 bits per heavy atom. The molecule has 0 aliphatic carbocycles. The van der Waals surface area contributed by atoms with E-state index in [1.165, 1.54) is 6.33 Å². The number of ether oxygens (including phenoxy) is 1. The molecule has 1 aromatic heterocycles. The maximum absolute atomic E-state index is 13.3. The summed E-state index contributed by atoms with van der Waals surface area (Å²) in [7, 11) is 1.64. The average Bonchev–Trinajstić information content (AvgIpc) is 3.33. The number of nitrogens with zero attached hydrogens (tertiary/aromatic N) is 3. The van der Waals surface area contributed by atoms with Crippen LogP contribution in [0.4, 0.5) is 5.69 Å². The Bertz CT molecular complexity index is 1070. The lowest BCUT2D eigenvalue weighted by Gasteiger charge is -2.24. The van der Waals surface area contributed by atoms with Gasteiger partial charge in [-0.1, -0.05) is 18.2 Å². The first-order valence-corrected chi connectivity index (χ1v) is 10.9. The predicted octanol–water partition coefficient (Wildman–Crippen LogP) is 3.43. The minimum Gasteiger partial charge on any atom is -0.497 e. The topological polar surface area (TPSA) is 93.4 Å². The van der Waals surface area contributed by atoms with E-state index in [1.807, 2.05) is 55.5 Å². The molecule has 0 saturated carbocycles. The molecule has 7 heteroatoms. The molecule has 3 aromatic rings. The van der Waals surface area contributed by atoms with E-state index in [0.717, 1.165) is 47.8 Å². The van der Waals surface area contributed by atoms with Gasteiger partial charge in [-0.3, -0.25) is 4.79 Å². The van der Waals surface area contributed by atoms with E-state index in [0.29, 0.717) is 18.0 Å². The zero-order valence-electron chi connectivity index (χ0n) is 18.5. The summed E-state index contributed by atoms with van der Waals surface area (Å²) in [6.07, 6.45) is 4.28. The highest BCUT2D eigenvalue weighted by Gasteiger charge is 2.26. The fraction of sp³-hybridized carbons (Fsp3) is 0.320. The summed E-state index contributed by atoms with van der Waals surface area (Å²) in [6, 6.07) is 15.3. The molecule has 2 heterocycles. The third kappa shape index (κ3) is 4.73. The van der Waals surface area contributed by atoms with Gasteiger partial charge < -0.3 is 20.7 Å². The lowest BCUT2D eigenvalue weighted by Crippen LogP contribution is -2.30. The van der Waals surface area contributed by atoms with Crippen molar-refractivity contribution in [2.75, 3.05) is 31.6 Å². The normalized spacial score (nSPS) is 16.6. The van der Waals surface area contributed by atoms with Crippen molar-refractivity contribution in [3.8, 4) is 17.0 Å². The van der Waals surface area contributed by atoms with Crippen molar-refractivity contribution in [2.24, 2.45) is 11.7 Å². The van der Waals surface area contributed by atoms with Crippen LogP contribution in [-0.2, 0) is 0 Å². The van der Waals surface area contributed by atoms with Gasteiger partial charge in [0.05, 0.1) is 30.1 Å². The smallest absolute Gasteiger partial charge is 0.253 e. The van der Waals surface area contributed by atoms with E-state index in [-0.39, 0.29) is 11.9 Å². The molecule has 0 spiro atoms. The maximum Gasteiger partial charge on any atom is 0.253 e. The van der Waals surface area contributed by atoms with Crippen LogP contribution in [0.5, 0.6) is 5.75 Å². The lowest BCUT2D eigenvalue weighted by molar-refractivity contribution is 0.0940. The largest absolute Gasteiger partial charge is 0.497 e. The first-order valence-electron chi connectivity index (χ1n) is 10.9. The van der Waals surface area contributed by atoms with Gasteiger partial charge in [0.1, 0.15) is 12.1 Å². The van der Waals surface area contributed by atoms with Gasteiger partial charge >= 0.3 is 0 Å². The average molecular weight is 432 g/mol. The second-order valence-corrected chi connectivity index (χ2v) is 8.13. The second kappa shape index (κ2) is 9.78. The molecule has 0 unspecified atom stereocenters. The van der Waals surface area contributed by atoms with Gasteiger partial charge in [-0.05, 0) is 61.7 Å². The van der Waals surface area contributed by atoms with E-state index in [2.05, 4.69) is 20.2 Å². The Morgan fingerprint density at radius 1 is 1.28 bits per heavy atom. The Kier molecular flexibility index (Phi) is 6.66. The number of hydrogen-bond acceptors (Lipinski definition) is 6. The number of anilines is 1. The van der Waals surface area contributed by atoms with Crippen molar-refractivity contribution >= 4 is 11.6 Å². The number of rotatable bonds is 7. The van der Waals surface area contributed by atoms with Gasteiger partial charge in [-0.15, -0.1) is 0 Å².